The maximum absolute atomic E-state index is 9.43. The number of aryl methyl sites for hydroxylation is 1. The number of para-hydroxylation sites is 1. The molecule has 0 saturated heterocycles. The second kappa shape index (κ2) is 8.22. The van der Waals surface area contributed by atoms with Gasteiger partial charge in [0, 0.05) is 6.54 Å². The van der Waals surface area contributed by atoms with Gasteiger partial charge in [-0.25, -0.2) is 9.67 Å². The maximum Gasteiger partial charge on any atom is 0.161 e. The van der Waals surface area contributed by atoms with E-state index in [-0.39, 0.29) is 5.69 Å². The Hall–Kier alpha value is -3.55. The Morgan fingerprint density at radius 2 is 1.89 bits per heavy atom. The molecule has 7 nitrogen and oxygen atoms in total. The Bertz CT molecular complexity index is 1030. The maximum atomic E-state index is 9.43. The van der Waals surface area contributed by atoms with Crippen LogP contribution in [0.2, 0.25) is 5.02 Å². The second-order valence-corrected chi connectivity index (χ2v) is 6.14. The van der Waals surface area contributed by atoms with Crippen molar-refractivity contribution in [3.63, 3.8) is 0 Å². The van der Waals surface area contributed by atoms with Gasteiger partial charge in [-0.05, 0) is 37.1 Å². The third kappa shape index (κ3) is 4.00. The molecule has 0 fully saturated rings. The van der Waals surface area contributed by atoms with Gasteiger partial charge in [-0.3, -0.25) is 0 Å². The lowest BCUT2D eigenvalue weighted by atomic mass is 10.1. The number of halogens is 1. The van der Waals surface area contributed by atoms with Crippen LogP contribution in [0, 0.1) is 22.7 Å². The van der Waals surface area contributed by atoms with Gasteiger partial charge in [-0.15, -0.1) is 0 Å². The van der Waals surface area contributed by atoms with E-state index in [1.54, 1.807) is 16.8 Å². The van der Waals surface area contributed by atoms with Crippen molar-refractivity contribution in [2.24, 2.45) is 0 Å². The number of pyridine rings is 1. The monoisotopic (exact) mass is 377 g/mol. The van der Waals surface area contributed by atoms with Gasteiger partial charge in [0.15, 0.2) is 5.69 Å². The Morgan fingerprint density at radius 3 is 2.59 bits per heavy atom. The van der Waals surface area contributed by atoms with E-state index < -0.39 is 0 Å². The van der Waals surface area contributed by atoms with Gasteiger partial charge in [-0.2, -0.15) is 15.6 Å². The van der Waals surface area contributed by atoms with Crippen LogP contribution in [0.5, 0.6) is 0 Å². The van der Waals surface area contributed by atoms with E-state index in [2.05, 4.69) is 21.5 Å². The minimum atomic E-state index is 0.183. The van der Waals surface area contributed by atoms with Crippen LogP contribution < -0.4 is 11.1 Å². The number of nitrogens with one attached hydrogen (secondary N) is 1. The summed E-state index contributed by atoms with van der Waals surface area (Å²) in [5, 5.41) is 26.4. The topological polar surface area (TPSA) is 116 Å². The minimum Gasteiger partial charge on any atom is -0.382 e. The molecule has 0 unspecified atom stereocenters. The van der Waals surface area contributed by atoms with Crippen LogP contribution in [-0.2, 0) is 6.42 Å². The first kappa shape index (κ1) is 18.2. The summed E-state index contributed by atoms with van der Waals surface area (Å²) < 4.78 is 1.58. The fourth-order valence-corrected chi connectivity index (χ4v) is 2.78. The molecule has 0 bridgehead atoms. The first-order valence-corrected chi connectivity index (χ1v) is 8.65. The molecule has 0 aliphatic rings. The van der Waals surface area contributed by atoms with E-state index in [1.165, 1.54) is 0 Å². The first-order chi connectivity index (χ1) is 13.1. The van der Waals surface area contributed by atoms with Gasteiger partial charge < -0.3 is 11.1 Å². The predicted octanol–water partition coefficient (Wildman–Crippen LogP) is 3.29. The summed E-state index contributed by atoms with van der Waals surface area (Å²) in [6.07, 6.45) is 1.30. The van der Waals surface area contributed by atoms with Crippen LogP contribution in [0.3, 0.4) is 0 Å². The number of nitrogens with zero attached hydrogens (tertiary/aromatic N) is 5. The zero-order valence-corrected chi connectivity index (χ0v) is 15.1. The smallest absolute Gasteiger partial charge is 0.161 e. The van der Waals surface area contributed by atoms with E-state index in [0.717, 1.165) is 5.69 Å². The molecule has 3 rings (SSSR count). The second-order valence-electron chi connectivity index (χ2n) is 5.74. The SMILES string of the molecule is N#Cc1nc(NCCCc2nn(-c3ccccc3)c(N)c2C#N)ccc1Cl. The van der Waals surface area contributed by atoms with Gasteiger partial charge >= 0.3 is 0 Å². The molecule has 0 aliphatic heterocycles. The first-order valence-electron chi connectivity index (χ1n) is 8.27. The highest BCUT2D eigenvalue weighted by Gasteiger charge is 2.16. The Labute approximate surface area is 161 Å². The highest BCUT2D eigenvalue weighted by Crippen LogP contribution is 2.21. The summed E-state index contributed by atoms with van der Waals surface area (Å²) in [4.78, 5) is 4.13. The number of nitrogens with two attached hydrogens (primary N) is 1. The summed E-state index contributed by atoms with van der Waals surface area (Å²) >= 11 is 5.87. The molecule has 8 heteroatoms. The highest BCUT2D eigenvalue weighted by molar-refractivity contribution is 6.31. The fourth-order valence-electron chi connectivity index (χ4n) is 2.63. The normalized spacial score (nSPS) is 10.2. The lowest BCUT2D eigenvalue weighted by Crippen LogP contribution is -2.06. The molecule has 2 heterocycles. The van der Waals surface area contributed by atoms with Crippen LogP contribution >= 0.6 is 11.6 Å². The number of hydrogen-bond donors (Lipinski definition) is 2. The summed E-state index contributed by atoms with van der Waals surface area (Å²) in [6.45, 7) is 0.600. The third-order valence-electron chi connectivity index (χ3n) is 3.95. The molecule has 0 atom stereocenters. The molecular weight excluding hydrogens is 362 g/mol. The van der Waals surface area contributed by atoms with Gasteiger partial charge in [0.05, 0.1) is 16.4 Å². The van der Waals surface area contributed by atoms with Crippen molar-refractivity contribution in [1.82, 2.24) is 14.8 Å². The number of benzene rings is 1. The van der Waals surface area contributed by atoms with Crippen molar-refractivity contribution >= 4 is 23.2 Å². The zero-order valence-electron chi connectivity index (χ0n) is 14.4. The number of rotatable bonds is 6. The molecular formula is C19H16ClN7. The van der Waals surface area contributed by atoms with Crippen molar-refractivity contribution < 1.29 is 0 Å². The molecule has 2 aromatic heterocycles. The van der Waals surface area contributed by atoms with E-state index in [4.69, 9.17) is 22.6 Å². The summed E-state index contributed by atoms with van der Waals surface area (Å²) in [5.74, 6) is 0.912. The van der Waals surface area contributed by atoms with E-state index in [0.29, 0.717) is 47.3 Å². The van der Waals surface area contributed by atoms with Crippen LogP contribution in [0.1, 0.15) is 23.4 Å². The number of nitriles is 2. The molecule has 0 aliphatic carbocycles. The number of anilines is 2. The number of hydrogen-bond acceptors (Lipinski definition) is 6. The molecule has 0 saturated carbocycles. The number of nitrogen functional groups attached to an aromatic ring is 1. The molecule has 1 aromatic carbocycles. The Balaban J connectivity index is 1.67. The molecule has 0 radical (unpaired) electrons. The molecule has 0 spiro atoms. The van der Waals surface area contributed by atoms with E-state index in [1.807, 2.05) is 36.4 Å². The quantitative estimate of drug-likeness (QED) is 0.636. The molecule has 27 heavy (non-hydrogen) atoms. The average Bonchev–Trinajstić information content (AvgIpc) is 3.02. The average molecular weight is 378 g/mol. The minimum absolute atomic E-state index is 0.183. The largest absolute Gasteiger partial charge is 0.382 e. The summed E-state index contributed by atoms with van der Waals surface area (Å²) in [7, 11) is 0. The van der Waals surface area contributed by atoms with Crippen molar-refractivity contribution in [2.45, 2.75) is 12.8 Å². The summed E-state index contributed by atoms with van der Waals surface area (Å²) in [5.41, 5.74) is 8.14. The van der Waals surface area contributed by atoms with Crippen molar-refractivity contribution in [2.75, 3.05) is 17.6 Å². The Morgan fingerprint density at radius 1 is 1.11 bits per heavy atom. The van der Waals surface area contributed by atoms with Gasteiger partial charge in [0.25, 0.3) is 0 Å². The van der Waals surface area contributed by atoms with E-state index in [9.17, 15) is 5.26 Å². The van der Waals surface area contributed by atoms with Crippen molar-refractivity contribution in [1.29, 1.82) is 10.5 Å². The third-order valence-corrected chi connectivity index (χ3v) is 4.26. The highest BCUT2D eigenvalue weighted by atomic mass is 35.5. The molecule has 0 amide bonds. The van der Waals surface area contributed by atoms with Crippen LogP contribution in [0.15, 0.2) is 42.5 Å². The zero-order chi connectivity index (χ0) is 19.2. The van der Waals surface area contributed by atoms with Gasteiger partial charge in [0.1, 0.15) is 29.3 Å². The predicted molar refractivity (Wildman–Crippen MR) is 103 cm³/mol. The van der Waals surface area contributed by atoms with Crippen molar-refractivity contribution in [3.05, 3.63) is 64.4 Å². The molecule has 3 aromatic rings. The molecule has 3 N–H and O–H groups in total. The van der Waals surface area contributed by atoms with Crippen LogP contribution in [0.25, 0.3) is 5.69 Å². The lowest BCUT2D eigenvalue weighted by molar-refractivity contribution is 0.789. The standard InChI is InChI=1S/C19H16ClN7/c20-15-8-9-18(25-17(15)12-22)24-10-4-7-16-14(11-21)19(23)27(26-16)13-5-2-1-3-6-13/h1-3,5-6,8-9H,4,7,10,23H2,(H,24,25). The van der Waals surface area contributed by atoms with Gasteiger partial charge in [-0.1, -0.05) is 29.8 Å². The Kier molecular flexibility index (Phi) is 5.55. The van der Waals surface area contributed by atoms with Gasteiger partial charge in [0.2, 0.25) is 0 Å². The fraction of sp³-hybridized carbons (Fsp3) is 0.158. The number of aromatic nitrogens is 3. The lowest BCUT2D eigenvalue weighted by Gasteiger charge is -2.05. The van der Waals surface area contributed by atoms with Crippen LogP contribution in [-0.4, -0.2) is 21.3 Å². The summed E-state index contributed by atoms with van der Waals surface area (Å²) in [6, 6.07) is 16.9. The van der Waals surface area contributed by atoms with Crippen LogP contribution in [0.4, 0.5) is 11.6 Å². The molecule has 134 valence electrons. The van der Waals surface area contributed by atoms with Crippen molar-refractivity contribution in [3.8, 4) is 17.8 Å². The van der Waals surface area contributed by atoms with E-state index >= 15 is 0 Å².